The highest BCUT2D eigenvalue weighted by Crippen LogP contribution is 2.40. The summed E-state index contributed by atoms with van der Waals surface area (Å²) in [6.45, 7) is 3.18. The van der Waals surface area contributed by atoms with Crippen LogP contribution in [0.5, 0.6) is 0 Å². The number of nitrogens with one attached hydrogen (secondary N) is 1. The molecule has 43 heavy (non-hydrogen) atoms. The minimum absolute atomic E-state index is 0.115. The van der Waals surface area contributed by atoms with Crippen LogP contribution in [0.2, 0.25) is 10.0 Å². The number of likely N-dealkylation sites (tertiary alicyclic amines) is 1. The Labute approximate surface area is 258 Å². The summed E-state index contributed by atoms with van der Waals surface area (Å²) in [5.41, 5.74) is -0.540. The molecule has 2 heterocycles. The molecule has 2 amide bonds. The van der Waals surface area contributed by atoms with Crippen molar-refractivity contribution in [1.29, 1.82) is 0 Å². The molecule has 3 aromatic rings. The Morgan fingerprint density at radius 2 is 1.67 bits per heavy atom. The van der Waals surface area contributed by atoms with Gasteiger partial charge in [-0.3, -0.25) is 9.59 Å². The third kappa shape index (κ3) is 6.85. The minimum atomic E-state index is -4.48. The second-order valence-electron chi connectivity index (χ2n) is 11.2. The summed E-state index contributed by atoms with van der Waals surface area (Å²) in [6.07, 6.45) is -3.10. The molecule has 2 aliphatic rings. The lowest BCUT2D eigenvalue weighted by molar-refractivity contribution is -0.141. The van der Waals surface area contributed by atoms with Crippen molar-refractivity contribution >= 4 is 40.7 Å². The largest absolute Gasteiger partial charge is 0.416 e. The average Bonchev–Trinajstić information content (AvgIpc) is 2.99. The molecule has 0 aromatic heterocycles. The summed E-state index contributed by atoms with van der Waals surface area (Å²) < 4.78 is 46.8. The number of ether oxygens (including phenoxy) is 1. The van der Waals surface area contributed by atoms with Gasteiger partial charge in [0.25, 0.3) is 5.91 Å². The number of alkyl halides is 3. The number of rotatable bonds is 7. The predicted octanol–water partition coefficient (Wildman–Crippen LogP) is 6.79. The first-order valence-corrected chi connectivity index (χ1v) is 14.8. The van der Waals surface area contributed by atoms with Crippen molar-refractivity contribution in [2.24, 2.45) is 0 Å². The van der Waals surface area contributed by atoms with Crippen molar-refractivity contribution in [3.05, 3.63) is 99.5 Å². The SMILES string of the molecule is CC(=O)NC1(c2cccc(C(F)(F)F)c2)CCN(CCC2(c3ccc(Cl)c(Cl)c3)CN(c3ccccc3)C(=O)CO2)CC1. The summed E-state index contributed by atoms with van der Waals surface area (Å²) in [5.74, 6) is -0.452. The highest BCUT2D eigenvalue weighted by atomic mass is 35.5. The maximum absolute atomic E-state index is 13.5. The van der Waals surface area contributed by atoms with Gasteiger partial charge in [-0.1, -0.05) is 59.6 Å². The lowest BCUT2D eigenvalue weighted by Crippen LogP contribution is -2.55. The fraction of sp³-hybridized carbons (Fsp3) is 0.375. The second kappa shape index (κ2) is 12.5. The quantitative estimate of drug-likeness (QED) is 0.311. The number of hydrogen-bond acceptors (Lipinski definition) is 4. The standard InChI is InChI=1S/C32H32Cl2F3N3O3/c1-22(41)38-30(23-6-5-7-25(18-23)32(35,36)37)12-15-39(16-13-30)17-14-31(24-10-11-27(33)28(34)19-24)21-40(29(42)20-43-31)26-8-3-2-4-9-26/h2-11,18-19H,12-17,20-21H2,1H3,(H,38,41). The van der Waals surface area contributed by atoms with E-state index < -0.39 is 22.9 Å². The molecule has 1 unspecified atom stereocenters. The molecule has 1 N–H and O–H groups in total. The first kappa shape index (κ1) is 31.3. The minimum Gasteiger partial charge on any atom is -0.359 e. The van der Waals surface area contributed by atoms with Crippen LogP contribution in [0, 0.1) is 0 Å². The molecule has 2 fully saturated rings. The lowest BCUT2D eigenvalue weighted by Gasteiger charge is -2.46. The van der Waals surface area contributed by atoms with Crippen LogP contribution < -0.4 is 10.2 Å². The van der Waals surface area contributed by atoms with Crippen LogP contribution >= 0.6 is 23.2 Å². The van der Waals surface area contributed by atoms with Gasteiger partial charge in [-0.2, -0.15) is 13.2 Å². The number of amides is 2. The van der Waals surface area contributed by atoms with Gasteiger partial charge in [0.15, 0.2) is 0 Å². The topological polar surface area (TPSA) is 61.9 Å². The molecule has 11 heteroatoms. The van der Waals surface area contributed by atoms with E-state index in [4.69, 9.17) is 27.9 Å². The van der Waals surface area contributed by atoms with Gasteiger partial charge in [-0.25, -0.2) is 0 Å². The predicted molar refractivity (Wildman–Crippen MR) is 160 cm³/mol. The van der Waals surface area contributed by atoms with Crippen molar-refractivity contribution < 1.29 is 27.5 Å². The van der Waals surface area contributed by atoms with Gasteiger partial charge in [-0.05, 0) is 66.8 Å². The highest BCUT2D eigenvalue weighted by molar-refractivity contribution is 6.42. The maximum atomic E-state index is 13.5. The maximum Gasteiger partial charge on any atom is 0.416 e. The molecule has 0 spiro atoms. The third-order valence-corrected chi connectivity index (χ3v) is 9.14. The van der Waals surface area contributed by atoms with Gasteiger partial charge in [0, 0.05) is 32.2 Å². The van der Waals surface area contributed by atoms with Crippen LogP contribution in [0.3, 0.4) is 0 Å². The zero-order valence-corrected chi connectivity index (χ0v) is 25.1. The molecule has 5 rings (SSSR count). The molecule has 2 saturated heterocycles. The lowest BCUT2D eigenvalue weighted by atomic mass is 9.79. The Kier molecular flexibility index (Phi) is 9.09. The Morgan fingerprint density at radius 1 is 0.953 bits per heavy atom. The fourth-order valence-electron chi connectivity index (χ4n) is 6.07. The smallest absolute Gasteiger partial charge is 0.359 e. The number of morpholine rings is 1. The zero-order valence-electron chi connectivity index (χ0n) is 23.6. The summed E-state index contributed by atoms with van der Waals surface area (Å²) >= 11 is 12.6. The molecule has 0 bridgehead atoms. The molecule has 2 aliphatic heterocycles. The fourth-order valence-corrected chi connectivity index (χ4v) is 6.37. The van der Waals surface area contributed by atoms with Crippen molar-refractivity contribution in [2.75, 3.05) is 37.7 Å². The summed E-state index contributed by atoms with van der Waals surface area (Å²) in [7, 11) is 0. The van der Waals surface area contributed by atoms with Crippen molar-refractivity contribution in [3.8, 4) is 0 Å². The highest BCUT2D eigenvalue weighted by Gasteiger charge is 2.44. The Bertz CT molecular complexity index is 1480. The summed E-state index contributed by atoms with van der Waals surface area (Å²) in [5, 5.41) is 3.75. The number of carbonyl (C=O) groups is 2. The third-order valence-electron chi connectivity index (χ3n) is 8.40. The van der Waals surface area contributed by atoms with Gasteiger partial charge in [0.2, 0.25) is 5.91 Å². The zero-order chi connectivity index (χ0) is 30.8. The number of nitrogens with zero attached hydrogens (tertiary/aromatic N) is 2. The molecule has 228 valence electrons. The van der Waals surface area contributed by atoms with Crippen LogP contribution in [0.1, 0.15) is 42.9 Å². The molecular formula is C32H32Cl2F3N3O3. The second-order valence-corrected chi connectivity index (χ2v) is 12.0. The summed E-state index contributed by atoms with van der Waals surface area (Å²) in [4.78, 5) is 29.1. The van der Waals surface area contributed by atoms with E-state index in [1.807, 2.05) is 36.4 Å². The molecule has 3 aromatic carbocycles. The van der Waals surface area contributed by atoms with E-state index in [2.05, 4.69) is 10.2 Å². The van der Waals surface area contributed by atoms with Crippen LogP contribution in [0.15, 0.2) is 72.8 Å². The molecule has 0 aliphatic carbocycles. The first-order valence-electron chi connectivity index (χ1n) is 14.0. The van der Waals surface area contributed by atoms with Crippen molar-refractivity contribution in [2.45, 2.75) is 43.5 Å². The number of halogens is 5. The summed E-state index contributed by atoms with van der Waals surface area (Å²) in [6, 6.07) is 19.9. The van der Waals surface area contributed by atoms with E-state index in [0.29, 0.717) is 54.5 Å². The Hall–Kier alpha value is -3.11. The van der Waals surface area contributed by atoms with E-state index in [9.17, 15) is 22.8 Å². The van der Waals surface area contributed by atoms with Crippen LogP contribution in [0.4, 0.5) is 18.9 Å². The van der Waals surface area contributed by atoms with E-state index in [0.717, 1.165) is 23.4 Å². The van der Waals surface area contributed by atoms with Gasteiger partial charge in [0.05, 0.1) is 27.7 Å². The van der Waals surface area contributed by atoms with Crippen LogP contribution in [0.25, 0.3) is 0 Å². The molecular weight excluding hydrogens is 602 g/mol. The monoisotopic (exact) mass is 633 g/mol. The van der Waals surface area contributed by atoms with E-state index >= 15 is 0 Å². The number of anilines is 1. The Morgan fingerprint density at radius 3 is 2.33 bits per heavy atom. The van der Waals surface area contributed by atoms with Gasteiger partial charge < -0.3 is 19.9 Å². The normalized spacial score (nSPS) is 21.1. The number of carbonyl (C=O) groups excluding carboxylic acids is 2. The van der Waals surface area contributed by atoms with E-state index in [1.54, 1.807) is 23.1 Å². The first-order chi connectivity index (χ1) is 20.4. The van der Waals surface area contributed by atoms with E-state index in [-0.39, 0.29) is 25.0 Å². The number of hydrogen-bond donors (Lipinski definition) is 1. The van der Waals surface area contributed by atoms with Crippen molar-refractivity contribution in [3.63, 3.8) is 0 Å². The Balaban J connectivity index is 1.37. The van der Waals surface area contributed by atoms with Crippen molar-refractivity contribution in [1.82, 2.24) is 10.2 Å². The molecule has 1 atom stereocenters. The molecule has 6 nitrogen and oxygen atoms in total. The van der Waals surface area contributed by atoms with Gasteiger partial charge in [0.1, 0.15) is 12.2 Å². The molecule has 0 saturated carbocycles. The number of piperidine rings is 1. The van der Waals surface area contributed by atoms with Crippen LogP contribution in [-0.4, -0.2) is 49.5 Å². The van der Waals surface area contributed by atoms with E-state index in [1.165, 1.54) is 13.0 Å². The molecule has 0 radical (unpaired) electrons. The van der Waals surface area contributed by atoms with Gasteiger partial charge >= 0.3 is 6.18 Å². The average molecular weight is 635 g/mol. The van der Waals surface area contributed by atoms with Crippen LogP contribution in [-0.2, 0) is 31.6 Å². The van der Waals surface area contributed by atoms with Gasteiger partial charge in [-0.15, -0.1) is 0 Å². The number of para-hydroxylation sites is 1. The number of benzene rings is 3.